The number of benzene rings is 1. The van der Waals surface area contributed by atoms with Crippen LogP contribution in [0.5, 0.6) is 0 Å². The van der Waals surface area contributed by atoms with E-state index in [1.165, 1.54) is 0 Å². The predicted molar refractivity (Wildman–Crippen MR) is 77.6 cm³/mol. The van der Waals surface area contributed by atoms with Crippen molar-refractivity contribution < 1.29 is 0 Å². The SMILES string of the molecule is N#Cc1ccccc1N1CCN(c2ncccn2)CC1. The van der Waals surface area contributed by atoms with E-state index in [9.17, 15) is 5.26 Å². The average Bonchev–Trinajstić information content (AvgIpc) is 2.56. The molecule has 0 spiro atoms. The van der Waals surface area contributed by atoms with Gasteiger partial charge in [0.2, 0.25) is 5.95 Å². The summed E-state index contributed by atoms with van der Waals surface area (Å²) in [7, 11) is 0. The third-order valence-electron chi connectivity index (χ3n) is 3.48. The van der Waals surface area contributed by atoms with Crippen molar-refractivity contribution in [3.63, 3.8) is 0 Å². The van der Waals surface area contributed by atoms with Gasteiger partial charge >= 0.3 is 0 Å². The van der Waals surface area contributed by atoms with E-state index in [2.05, 4.69) is 25.8 Å². The van der Waals surface area contributed by atoms with Gasteiger partial charge in [-0.05, 0) is 18.2 Å². The highest BCUT2D eigenvalue weighted by molar-refractivity contribution is 5.60. The fourth-order valence-corrected chi connectivity index (χ4v) is 2.45. The molecule has 1 aliphatic rings. The van der Waals surface area contributed by atoms with Crippen LogP contribution in [0.4, 0.5) is 11.6 Å². The summed E-state index contributed by atoms with van der Waals surface area (Å²) in [6.45, 7) is 3.47. The van der Waals surface area contributed by atoms with Crippen molar-refractivity contribution >= 4 is 11.6 Å². The van der Waals surface area contributed by atoms with E-state index in [-0.39, 0.29) is 0 Å². The molecule has 2 aromatic rings. The van der Waals surface area contributed by atoms with E-state index in [0.717, 1.165) is 43.4 Å². The number of hydrogen-bond donors (Lipinski definition) is 0. The Hall–Kier alpha value is -2.61. The van der Waals surface area contributed by atoms with Crippen molar-refractivity contribution in [2.75, 3.05) is 36.0 Å². The summed E-state index contributed by atoms with van der Waals surface area (Å²) in [5, 5.41) is 9.17. The first-order valence-corrected chi connectivity index (χ1v) is 6.64. The number of piperazine rings is 1. The van der Waals surface area contributed by atoms with E-state index in [4.69, 9.17) is 0 Å². The van der Waals surface area contributed by atoms with Gasteiger partial charge < -0.3 is 9.80 Å². The van der Waals surface area contributed by atoms with E-state index in [1.54, 1.807) is 12.4 Å². The second-order valence-electron chi connectivity index (χ2n) is 4.65. The summed E-state index contributed by atoms with van der Waals surface area (Å²) in [6.07, 6.45) is 3.53. The molecule has 0 amide bonds. The number of anilines is 2. The van der Waals surface area contributed by atoms with Gasteiger partial charge in [-0.15, -0.1) is 0 Å². The predicted octanol–water partition coefficient (Wildman–Crippen LogP) is 1.67. The van der Waals surface area contributed by atoms with Crippen LogP contribution in [-0.4, -0.2) is 36.1 Å². The molecule has 20 heavy (non-hydrogen) atoms. The number of nitriles is 1. The van der Waals surface area contributed by atoms with Gasteiger partial charge in [-0.2, -0.15) is 5.26 Å². The molecule has 1 aromatic carbocycles. The molecule has 2 heterocycles. The first kappa shape index (κ1) is 12.4. The fraction of sp³-hybridized carbons (Fsp3) is 0.267. The molecule has 0 bridgehead atoms. The van der Waals surface area contributed by atoms with E-state index < -0.39 is 0 Å². The molecule has 100 valence electrons. The summed E-state index contributed by atoms with van der Waals surface area (Å²) in [6, 6.07) is 11.8. The Kier molecular flexibility index (Phi) is 3.46. The van der Waals surface area contributed by atoms with Crippen LogP contribution < -0.4 is 9.80 Å². The Labute approximate surface area is 118 Å². The van der Waals surface area contributed by atoms with Crippen molar-refractivity contribution in [2.24, 2.45) is 0 Å². The molecule has 1 aromatic heterocycles. The highest BCUT2D eigenvalue weighted by atomic mass is 15.3. The van der Waals surface area contributed by atoms with Crippen LogP contribution in [0.25, 0.3) is 0 Å². The molecule has 1 aliphatic heterocycles. The monoisotopic (exact) mass is 265 g/mol. The summed E-state index contributed by atoms with van der Waals surface area (Å²) in [5.74, 6) is 0.778. The second-order valence-corrected chi connectivity index (χ2v) is 4.65. The van der Waals surface area contributed by atoms with Gasteiger partial charge in [0.05, 0.1) is 11.3 Å². The molecular weight excluding hydrogens is 250 g/mol. The quantitative estimate of drug-likeness (QED) is 0.826. The van der Waals surface area contributed by atoms with Crippen LogP contribution in [0.15, 0.2) is 42.7 Å². The molecule has 3 rings (SSSR count). The molecular formula is C15H15N5. The van der Waals surface area contributed by atoms with Crippen molar-refractivity contribution in [3.8, 4) is 6.07 Å². The second kappa shape index (κ2) is 5.57. The molecule has 0 saturated carbocycles. The first-order chi connectivity index (χ1) is 9.88. The summed E-state index contributed by atoms with van der Waals surface area (Å²) >= 11 is 0. The van der Waals surface area contributed by atoms with E-state index in [0.29, 0.717) is 0 Å². The Morgan fingerprint density at radius 1 is 0.900 bits per heavy atom. The summed E-state index contributed by atoms with van der Waals surface area (Å²) in [5.41, 5.74) is 1.75. The lowest BCUT2D eigenvalue weighted by Gasteiger charge is -2.36. The third kappa shape index (κ3) is 2.41. The standard InChI is InChI=1S/C15H15N5/c16-12-13-4-1-2-5-14(13)19-8-10-20(11-9-19)15-17-6-3-7-18-15/h1-7H,8-11H2. The minimum atomic E-state index is 0.733. The topological polar surface area (TPSA) is 56.1 Å². The number of para-hydroxylation sites is 1. The van der Waals surface area contributed by atoms with Crippen LogP contribution >= 0.6 is 0 Å². The normalized spacial score (nSPS) is 14.9. The Morgan fingerprint density at radius 2 is 1.55 bits per heavy atom. The molecule has 0 atom stereocenters. The third-order valence-corrected chi connectivity index (χ3v) is 3.48. The Bertz CT molecular complexity index is 612. The Balaban J connectivity index is 1.72. The maximum absolute atomic E-state index is 9.17. The summed E-state index contributed by atoms with van der Waals surface area (Å²) < 4.78 is 0. The molecule has 0 unspecified atom stereocenters. The van der Waals surface area contributed by atoms with Crippen molar-refractivity contribution in [2.45, 2.75) is 0 Å². The largest absolute Gasteiger partial charge is 0.367 e. The van der Waals surface area contributed by atoms with Gasteiger partial charge in [0.1, 0.15) is 6.07 Å². The fourth-order valence-electron chi connectivity index (χ4n) is 2.45. The highest BCUT2D eigenvalue weighted by Crippen LogP contribution is 2.21. The van der Waals surface area contributed by atoms with Crippen LogP contribution in [0.2, 0.25) is 0 Å². The zero-order valence-corrected chi connectivity index (χ0v) is 11.1. The van der Waals surface area contributed by atoms with E-state index >= 15 is 0 Å². The highest BCUT2D eigenvalue weighted by Gasteiger charge is 2.20. The van der Waals surface area contributed by atoms with Crippen LogP contribution in [0, 0.1) is 11.3 Å². The van der Waals surface area contributed by atoms with Gasteiger partial charge in [-0.3, -0.25) is 0 Å². The zero-order valence-electron chi connectivity index (χ0n) is 11.1. The number of hydrogen-bond acceptors (Lipinski definition) is 5. The smallest absolute Gasteiger partial charge is 0.225 e. The van der Waals surface area contributed by atoms with Crippen molar-refractivity contribution in [3.05, 3.63) is 48.3 Å². The molecule has 1 saturated heterocycles. The minimum Gasteiger partial charge on any atom is -0.367 e. The molecule has 5 nitrogen and oxygen atoms in total. The zero-order chi connectivity index (χ0) is 13.8. The minimum absolute atomic E-state index is 0.733. The van der Waals surface area contributed by atoms with Gasteiger partial charge in [0.15, 0.2) is 0 Å². The van der Waals surface area contributed by atoms with Crippen LogP contribution in [-0.2, 0) is 0 Å². The van der Waals surface area contributed by atoms with Gasteiger partial charge in [0, 0.05) is 38.6 Å². The summed E-state index contributed by atoms with van der Waals surface area (Å²) in [4.78, 5) is 13.0. The average molecular weight is 265 g/mol. The van der Waals surface area contributed by atoms with Crippen molar-refractivity contribution in [1.29, 1.82) is 5.26 Å². The Morgan fingerprint density at radius 3 is 2.25 bits per heavy atom. The molecule has 0 aliphatic carbocycles. The number of aromatic nitrogens is 2. The van der Waals surface area contributed by atoms with Gasteiger partial charge in [-0.1, -0.05) is 12.1 Å². The molecule has 0 radical (unpaired) electrons. The van der Waals surface area contributed by atoms with Gasteiger partial charge in [-0.25, -0.2) is 9.97 Å². The maximum Gasteiger partial charge on any atom is 0.225 e. The number of nitrogens with zero attached hydrogens (tertiary/aromatic N) is 5. The maximum atomic E-state index is 9.17. The molecule has 5 heteroatoms. The first-order valence-electron chi connectivity index (χ1n) is 6.64. The van der Waals surface area contributed by atoms with Crippen molar-refractivity contribution in [1.82, 2.24) is 9.97 Å². The lowest BCUT2D eigenvalue weighted by molar-refractivity contribution is 0.639. The van der Waals surface area contributed by atoms with Gasteiger partial charge in [0.25, 0.3) is 0 Å². The van der Waals surface area contributed by atoms with Crippen LogP contribution in [0.1, 0.15) is 5.56 Å². The molecule has 0 N–H and O–H groups in total. The lowest BCUT2D eigenvalue weighted by atomic mass is 10.1. The van der Waals surface area contributed by atoms with Crippen LogP contribution in [0.3, 0.4) is 0 Å². The number of rotatable bonds is 2. The lowest BCUT2D eigenvalue weighted by Crippen LogP contribution is -2.47. The van der Waals surface area contributed by atoms with E-state index in [1.807, 2.05) is 30.3 Å². The molecule has 1 fully saturated rings.